The molecule has 0 aliphatic rings. The molecule has 0 unspecified atom stereocenters. The summed E-state index contributed by atoms with van der Waals surface area (Å²) in [5.41, 5.74) is 3.13. The second-order valence-corrected chi connectivity index (χ2v) is 7.19. The molecule has 0 bridgehead atoms. The molecule has 5 heteroatoms. The second-order valence-electron chi connectivity index (χ2n) is 7.19. The van der Waals surface area contributed by atoms with Crippen LogP contribution in [0, 0.1) is 0 Å². The van der Waals surface area contributed by atoms with E-state index in [9.17, 15) is 4.79 Å². The number of fused-ring (bicyclic) bond motifs is 1. The summed E-state index contributed by atoms with van der Waals surface area (Å²) >= 11 is 0. The first-order chi connectivity index (χ1) is 14.2. The molecule has 3 aromatic rings. The summed E-state index contributed by atoms with van der Waals surface area (Å²) < 4.78 is 11.2. The van der Waals surface area contributed by atoms with E-state index in [2.05, 4.69) is 24.9 Å². The average Bonchev–Trinajstić information content (AvgIpc) is 3.15. The van der Waals surface area contributed by atoms with Crippen LogP contribution in [0.25, 0.3) is 10.9 Å². The van der Waals surface area contributed by atoms with Crippen LogP contribution in [-0.4, -0.2) is 36.1 Å². The van der Waals surface area contributed by atoms with Crippen LogP contribution in [0.2, 0.25) is 0 Å². The van der Waals surface area contributed by atoms with Gasteiger partial charge in [0.1, 0.15) is 0 Å². The smallest absolute Gasteiger partial charge is 0.227 e. The minimum Gasteiger partial charge on any atom is -0.493 e. The predicted molar refractivity (Wildman–Crippen MR) is 116 cm³/mol. The number of para-hydroxylation sites is 1. The maximum absolute atomic E-state index is 13.1. The molecule has 0 atom stereocenters. The Balaban J connectivity index is 1.74. The van der Waals surface area contributed by atoms with E-state index in [4.69, 9.17) is 9.47 Å². The Hall–Kier alpha value is -2.95. The largest absolute Gasteiger partial charge is 0.493 e. The first-order valence-corrected chi connectivity index (χ1v) is 10.3. The van der Waals surface area contributed by atoms with Crippen molar-refractivity contribution in [3.05, 3.63) is 59.8 Å². The second kappa shape index (κ2) is 10.0. The maximum Gasteiger partial charge on any atom is 0.227 e. The summed E-state index contributed by atoms with van der Waals surface area (Å²) in [6.45, 7) is 6.09. The first-order valence-electron chi connectivity index (χ1n) is 10.3. The van der Waals surface area contributed by atoms with E-state index in [1.165, 1.54) is 0 Å². The highest BCUT2D eigenvalue weighted by Crippen LogP contribution is 2.29. The number of benzene rings is 2. The van der Waals surface area contributed by atoms with Crippen LogP contribution >= 0.6 is 0 Å². The van der Waals surface area contributed by atoms with Crippen molar-refractivity contribution < 1.29 is 14.3 Å². The van der Waals surface area contributed by atoms with Gasteiger partial charge in [-0.2, -0.15) is 0 Å². The van der Waals surface area contributed by atoms with Gasteiger partial charge < -0.3 is 19.4 Å². The fourth-order valence-corrected chi connectivity index (χ4v) is 3.48. The molecule has 0 saturated heterocycles. The molecular weight excluding hydrogens is 364 g/mol. The van der Waals surface area contributed by atoms with Crippen LogP contribution in [0.15, 0.2) is 48.7 Å². The van der Waals surface area contributed by atoms with E-state index in [1.54, 1.807) is 7.11 Å². The minimum atomic E-state index is 0.127. The minimum absolute atomic E-state index is 0.127. The lowest BCUT2D eigenvalue weighted by atomic mass is 10.1. The molecule has 0 fully saturated rings. The van der Waals surface area contributed by atoms with Gasteiger partial charge >= 0.3 is 0 Å². The third kappa shape index (κ3) is 5.11. The molecule has 0 aliphatic carbocycles. The highest BCUT2D eigenvalue weighted by atomic mass is 16.5. The standard InChI is InChI=1S/C24H30N2O3/c1-4-12-26(17-18-10-11-22(29-13-5-2)23(14-18)28-3)24(27)15-19-16-25-21-9-7-6-8-20(19)21/h6-11,14,16,25H,4-5,12-13,15,17H2,1-3H3. The third-order valence-electron chi connectivity index (χ3n) is 4.93. The summed E-state index contributed by atoms with van der Waals surface area (Å²) in [5.74, 6) is 1.57. The SMILES string of the molecule is CCCOc1ccc(CN(CCC)C(=O)Cc2c[nH]c3ccccc23)cc1OC. The lowest BCUT2D eigenvalue weighted by Gasteiger charge is -2.23. The number of methoxy groups -OCH3 is 1. The Kier molecular flexibility index (Phi) is 7.17. The molecule has 29 heavy (non-hydrogen) atoms. The fourth-order valence-electron chi connectivity index (χ4n) is 3.48. The van der Waals surface area contributed by atoms with E-state index >= 15 is 0 Å². The van der Waals surface area contributed by atoms with E-state index in [0.717, 1.165) is 47.2 Å². The number of carbonyl (C=O) groups excluding carboxylic acids is 1. The first kappa shape index (κ1) is 20.8. The van der Waals surface area contributed by atoms with Crippen molar-refractivity contribution in [1.29, 1.82) is 0 Å². The summed E-state index contributed by atoms with van der Waals surface area (Å²) in [5, 5.41) is 1.11. The highest BCUT2D eigenvalue weighted by Gasteiger charge is 2.17. The van der Waals surface area contributed by atoms with Crippen molar-refractivity contribution in [2.75, 3.05) is 20.3 Å². The fraction of sp³-hybridized carbons (Fsp3) is 0.375. The zero-order chi connectivity index (χ0) is 20.6. The van der Waals surface area contributed by atoms with Crippen molar-refractivity contribution >= 4 is 16.8 Å². The summed E-state index contributed by atoms with van der Waals surface area (Å²) in [7, 11) is 1.64. The van der Waals surface area contributed by atoms with Gasteiger partial charge in [0.2, 0.25) is 5.91 Å². The molecule has 0 spiro atoms. The number of hydrogen-bond acceptors (Lipinski definition) is 3. The number of aromatic amines is 1. The average molecular weight is 395 g/mol. The quantitative estimate of drug-likeness (QED) is 0.529. The number of amides is 1. The van der Waals surface area contributed by atoms with Gasteiger partial charge in [0, 0.05) is 30.2 Å². The van der Waals surface area contributed by atoms with E-state index < -0.39 is 0 Å². The molecule has 2 aromatic carbocycles. The van der Waals surface area contributed by atoms with Crippen LogP contribution in [0.4, 0.5) is 0 Å². The summed E-state index contributed by atoms with van der Waals surface area (Å²) in [6.07, 6.45) is 4.18. The summed E-state index contributed by atoms with van der Waals surface area (Å²) in [6, 6.07) is 14.0. The molecule has 1 heterocycles. The topological polar surface area (TPSA) is 54.6 Å². The molecule has 3 rings (SSSR count). The number of ether oxygens (including phenoxy) is 2. The lowest BCUT2D eigenvalue weighted by molar-refractivity contribution is -0.131. The van der Waals surface area contributed by atoms with Crippen LogP contribution in [0.5, 0.6) is 11.5 Å². The Morgan fingerprint density at radius 3 is 2.66 bits per heavy atom. The normalized spacial score (nSPS) is 10.9. The van der Waals surface area contributed by atoms with Gasteiger partial charge in [0.25, 0.3) is 0 Å². The van der Waals surface area contributed by atoms with Gasteiger partial charge in [-0.25, -0.2) is 0 Å². The Labute approximate surface area is 172 Å². The molecule has 5 nitrogen and oxygen atoms in total. The van der Waals surface area contributed by atoms with E-state index in [1.807, 2.05) is 47.5 Å². The van der Waals surface area contributed by atoms with Gasteiger partial charge in [-0.15, -0.1) is 0 Å². The number of nitrogens with one attached hydrogen (secondary N) is 1. The van der Waals surface area contributed by atoms with Crippen molar-refractivity contribution in [2.24, 2.45) is 0 Å². The van der Waals surface area contributed by atoms with Crippen molar-refractivity contribution in [1.82, 2.24) is 9.88 Å². The van der Waals surface area contributed by atoms with E-state index in [-0.39, 0.29) is 5.91 Å². The van der Waals surface area contributed by atoms with Crippen molar-refractivity contribution in [3.8, 4) is 11.5 Å². The Morgan fingerprint density at radius 2 is 1.90 bits per heavy atom. The highest BCUT2D eigenvalue weighted by molar-refractivity contribution is 5.88. The molecule has 0 aliphatic heterocycles. The molecule has 1 amide bonds. The number of carbonyl (C=O) groups is 1. The van der Waals surface area contributed by atoms with Crippen LogP contribution in [0.3, 0.4) is 0 Å². The number of aromatic nitrogens is 1. The monoisotopic (exact) mass is 394 g/mol. The van der Waals surface area contributed by atoms with Gasteiger partial charge in [-0.05, 0) is 42.2 Å². The third-order valence-corrected chi connectivity index (χ3v) is 4.93. The zero-order valence-corrected chi connectivity index (χ0v) is 17.5. The molecule has 0 radical (unpaired) electrons. The summed E-state index contributed by atoms with van der Waals surface area (Å²) in [4.78, 5) is 18.2. The molecule has 0 saturated carbocycles. The van der Waals surface area contributed by atoms with Gasteiger partial charge in [-0.1, -0.05) is 38.1 Å². The van der Waals surface area contributed by atoms with E-state index in [0.29, 0.717) is 25.3 Å². The number of H-pyrrole nitrogens is 1. The molecule has 154 valence electrons. The van der Waals surface area contributed by atoms with Crippen molar-refractivity contribution in [2.45, 2.75) is 39.7 Å². The van der Waals surface area contributed by atoms with Gasteiger partial charge in [-0.3, -0.25) is 4.79 Å². The van der Waals surface area contributed by atoms with Gasteiger partial charge in [0.05, 0.1) is 20.1 Å². The van der Waals surface area contributed by atoms with Gasteiger partial charge in [0.15, 0.2) is 11.5 Å². The molecule has 1 aromatic heterocycles. The van der Waals surface area contributed by atoms with Crippen LogP contribution in [-0.2, 0) is 17.8 Å². The number of nitrogens with zero attached hydrogens (tertiary/aromatic N) is 1. The maximum atomic E-state index is 13.1. The van der Waals surface area contributed by atoms with Crippen molar-refractivity contribution in [3.63, 3.8) is 0 Å². The lowest BCUT2D eigenvalue weighted by Crippen LogP contribution is -2.32. The predicted octanol–water partition coefficient (Wildman–Crippen LogP) is 4.95. The molecular formula is C24H30N2O3. The Bertz CT molecular complexity index is 948. The molecule has 1 N–H and O–H groups in total. The number of hydrogen-bond donors (Lipinski definition) is 1. The zero-order valence-electron chi connectivity index (χ0n) is 17.5. The number of rotatable bonds is 10. The van der Waals surface area contributed by atoms with Crippen LogP contribution in [0.1, 0.15) is 37.8 Å². The Morgan fingerprint density at radius 1 is 1.07 bits per heavy atom. The van der Waals surface area contributed by atoms with Crippen LogP contribution < -0.4 is 9.47 Å².